The van der Waals surface area contributed by atoms with E-state index in [1.807, 2.05) is 38.1 Å². The third-order valence-corrected chi connectivity index (χ3v) is 4.70. The van der Waals surface area contributed by atoms with Crippen LogP contribution in [-0.2, 0) is 16.0 Å². The van der Waals surface area contributed by atoms with Crippen molar-refractivity contribution in [2.24, 2.45) is 5.92 Å². The van der Waals surface area contributed by atoms with E-state index in [0.29, 0.717) is 17.9 Å². The second-order valence-corrected chi connectivity index (χ2v) is 6.83. The van der Waals surface area contributed by atoms with Crippen LogP contribution in [0.5, 0.6) is 0 Å². The SMILES string of the molecule is CC[C@@H](C)[C@H](NC(=O)Cc1cccc(F)c1)C(=O)Nc1nc2ccccc2[nH]1. The molecule has 1 aromatic heterocycles. The van der Waals surface area contributed by atoms with Crippen LogP contribution in [0.4, 0.5) is 10.3 Å². The molecule has 0 fully saturated rings. The van der Waals surface area contributed by atoms with E-state index in [1.165, 1.54) is 12.1 Å². The van der Waals surface area contributed by atoms with E-state index in [9.17, 15) is 14.0 Å². The van der Waals surface area contributed by atoms with Gasteiger partial charge in [0, 0.05) is 0 Å². The number of rotatable bonds is 7. The molecule has 2 aromatic carbocycles. The molecule has 146 valence electrons. The molecular weight excluding hydrogens is 359 g/mol. The van der Waals surface area contributed by atoms with Crippen molar-refractivity contribution in [1.29, 1.82) is 0 Å². The van der Waals surface area contributed by atoms with E-state index >= 15 is 0 Å². The van der Waals surface area contributed by atoms with Crippen molar-refractivity contribution < 1.29 is 14.0 Å². The fourth-order valence-corrected chi connectivity index (χ4v) is 2.97. The summed E-state index contributed by atoms with van der Waals surface area (Å²) in [5, 5.41) is 5.52. The highest BCUT2D eigenvalue weighted by Gasteiger charge is 2.26. The summed E-state index contributed by atoms with van der Waals surface area (Å²) in [6, 6.07) is 12.6. The lowest BCUT2D eigenvalue weighted by molar-refractivity contribution is -0.127. The van der Waals surface area contributed by atoms with Crippen molar-refractivity contribution in [1.82, 2.24) is 15.3 Å². The number of hydrogen-bond acceptors (Lipinski definition) is 3. The van der Waals surface area contributed by atoms with E-state index in [0.717, 1.165) is 11.0 Å². The highest BCUT2D eigenvalue weighted by atomic mass is 19.1. The van der Waals surface area contributed by atoms with Gasteiger partial charge in [-0.2, -0.15) is 0 Å². The van der Waals surface area contributed by atoms with E-state index in [2.05, 4.69) is 20.6 Å². The molecule has 0 saturated heterocycles. The quantitative estimate of drug-likeness (QED) is 0.585. The smallest absolute Gasteiger partial charge is 0.249 e. The molecule has 0 aliphatic heterocycles. The Morgan fingerprint density at radius 2 is 1.96 bits per heavy atom. The maximum Gasteiger partial charge on any atom is 0.249 e. The van der Waals surface area contributed by atoms with Gasteiger partial charge in [-0.25, -0.2) is 9.37 Å². The number of halogens is 1. The normalized spacial score (nSPS) is 13.1. The summed E-state index contributed by atoms with van der Waals surface area (Å²) >= 11 is 0. The summed E-state index contributed by atoms with van der Waals surface area (Å²) < 4.78 is 13.3. The minimum Gasteiger partial charge on any atom is -0.344 e. The zero-order valence-corrected chi connectivity index (χ0v) is 15.8. The number of carbonyl (C=O) groups is 2. The number of nitrogens with zero attached hydrogens (tertiary/aromatic N) is 1. The lowest BCUT2D eigenvalue weighted by Crippen LogP contribution is -2.48. The molecule has 0 radical (unpaired) electrons. The summed E-state index contributed by atoms with van der Waals surface area (Å²) in [7, 11) is 0. The summed E-state index contributed by atoms with van der Waals surface area (Å²) in [6.45, 7) is 3.84. The molecule has 2 atom stereocenters. The molecule has 3 N–H and O–H groups in total. The van der Waals surface area contributed by atoms with Crippen molar-refractivity contribution in [2.45, 2.75) is 32.7 Å². The number of anilines is 1. The number of nitrogens with one attached hydrogen (secondary N) is 3. The molecular formula is C21H23FN4O2. The van der Waals surface area contributed by atoms with Crippen LogP contribution < -0.4 is 10.6 Å². The summed E-state index contributed by atoms with van der Waals surface area (Å²) in [5.41, 5.74) is 2.11. The number of imidazole rings is 1. The Labute approximate surface area is 162 Å². The summed E-state index contributed by atoms with van der Waals surface area (Å²) in [6.07, 6.45) is 0.709. The van der Waals surface area contributed by atoms with Gasteiger partial charge in [-0.3, -0.25) is 14.9 Å². The standard InChI is InChI=1S/C21H23FN4O2/c1-3-13(2)19(25-18(27)12-14-7-6-8-15(22)11-14)20(28)26-21-23-16-9-4-5-10-17(16)24-21/h4-11,13,19H,3,12H2,1-2H3,(H,25,27)(H2,23,24,26,28)/t13-,19+/m1/s1. The Hall–Kier alpha value is -3.22. The van der Waals surface area contributed by atoms with E-state index < -0.39 is 11.9 Å². The molecule has 6 nitrogen and oxygen atoms in total. The maximum atomic E-state index is 13.3. The molecule has 7 heteroatoms. The molecule has 0 saturated carbocycles. The molecule has 3 rings (SSSR count). The lowest BCUT2D eigenvalue weighted by Gasteiger charge is -2.23. The number of amides is 2. The molecule has 1 heterocycles. The van der Waals surface area contributed by atoms with Crippen molar-refractivity contribution in [3.63, 3.8) is 0 Å². The van der Waals surface area contributed by atoms with Crippen molar-refractivity contribution in [2.75, 3.05) is 5.32 Å². The molecule has 28 heavy (non-hydrogen) atoms. The highest BCUT2D eigenvalue weighted by Crippen LogP contribution is 2.15. The Balaban J connectivity index is 1.69. The molecule has 3 aromatic rings. The van der Waals surface area contributed by atoms with Crippen LogP contribution in [0.15, 0.2) is 48.5 Å². The van der Waals surface area contributed by atoms with Crippen molar-refractivity contribution in [3.8, 4) is 0 Å². The van der Waals surface area contributed by atoms with Gasteiger partial charge in [-0.15, -0.1) is 0 Å². The Bertz CT molecular complexity index is 952. The number of para-hydroxylation sites is 2. The largest absolute Gasteiger partial charge is 0.344 e. The van der Waals surface area contributed by atoms with Crippen LogP contribution in [0.2, 0.25) is 0 Å². The number of aromatic nitrogens is 2. The summed E-state index contributed by atoms with van der Waals surface area (Å²) in [4.78, 5) is 32.6. The molecule has 0 aliphatic carbocycles. The number of fused-ring (bicyclic) bond motifs is 1. The van der Waals surface area contributed by atoms with E-state index in [1.54, 1.807) is 12.1 Å². The second kappa shape index (κ2) is 8.65. The van der Waals surface area contributed by atoms with Crippen LogP contribution in [-0.4, -0.2) is 27.8 Å². The first-order valence-corrected chi connectivity index (χ1v) is 9.25. The third-order valence-electron chi connectivity index (χ3n) is 4.70. The number of aromatic amines is 1. The highest BCUT2D eigenvalue weighted by molar-refractivity contribution is 5.97. The van der Waals surface area contributed by atoms with E-state index in [4.69, 9.17) is 0 Å². The van der Waals surface area contributed by atoms with Gasteiger partial charge in [0.25, 0.3) is 0 Å². The van der Waals surface area contributed by atoms with Gasteiger partial charge in [0.1, 0.15) is 11.9 Å². The van der Waals surface area contributed by atoms with Crippen molar-refractivity contribution >= 4 is 28.8 Å². The van der Waals surface area contributed by atoms with Gasteiger partial charge in [-0.1, -0.05) is 44.5 Å². The van der Waals surface area contributed by atoms with Gasteiger partial charge >= 0.3 is 0 Å². The number of H-pyrrole nitrogens is 1. The monoisotopic (exact) mass is 382 g/mol. The zero-order chi connectivity index (χ0) is 20.1. The van der Waals surface area contributed by atoms with E-state index in [-0.39, 0.29) is 24.2 Å². The lowest BCUT2D eigenvalue weighted by atomic mass is 9.98. The third kappa shape index (κ3) is 4.73. The number of benzene rings is 2. The minimum atomic E-state index is -0.723. The molecule has 0 bridgehead atoms. The summed E-state index contributed by atoms with van der Waals surface area (Å²) in [5.74, 6) is -0.831. The Morgan fingerprint density at radius 1 is 1.18 bits per heavy atom. The van der Waals surface area contributed by atoms with Crippen LogP contribution >= 0.6 is 0 Å². The first-order valence-electron chi connectivity index (χ1n) is 9.25. The van der Waals surface area contributed by atoms with Crippen LogP contribution in [0.3, 0.4) is 0 Å². The van der Waals surface area contributed by atoms with Gasteiger partial charge in [0.15, 0.2) is 0 Å². The Morgan fingerprint density at radius 3 is 2.68 bits per heavy atom. The van der Waals surface area contributed by atoms with Crippen LogP contribution in [0.1, 0.15) is 25.8 Å². The fourth-order valence-electron chi connectivity index (χ4n) is 2.97. The molecule has 0 unspecified atom stereocenters. The Kier molecular flexibility index (Phi) is 6.03. The molecule has 2 amide bonds. The average Bonchev–Trinajstić information content (AvgIpc) is 3.07. The van der Waals surface area contributed by atoms with Gasteiger partial charge in [0.2, 0.25) is 17.8 Å². The predicted molar refractivity (Wildman–Crippen MR) is 106 cm³/mol. The minimum absolute atomic E-state index is 0.00259. The molecule has 0 aliphatic rings. The number of carbonyl (C=O) groups excluding carboxylic acids is 2. The van der Waals surface area contributed by atoms with Crippen LogP contribution in [0.25, 0.3) is 11.0 Å². The van der Waals surface area contributed by atoms with Gasteiger partial charge in [0.05, 0.1) is 17.5 Å². The maximum absolute atomic E-state index is 13.3. The van der Waals surface area contributed by atoms with Gasteiger partial charge in [-0.05, 0) is 35.7 Å². The second-order valence-electron chi connectivity index (χ2n) is 6.83. The molecule has 0 spiro atoms. The predicted octanol–water partition coefficient (Wildman–Crippen LogP) is 3.41. The first kappa shape index (κ1) is 19.5. The van der Waals surface area contributed by atoms with Crippen LogP contribution in [0, 0.1) is 11.7 Å². The first-order chi connectivity index (χ1) is 13.5. The zero-order valence-electron chi connectivity index (χ0n) is 15.8. The number of hydrogen-bond donors (Lipinski definition) is 3. The van der Waals surface area contributed by atoms with Crippen molar-refractivity contribution in [3.05, 3.63) is 59.9 Å². The topological polar surface area (TPSA) is 86.9 Å². The van der Waals surface area contributed by atoms with Gasteiger partial charge < -0.3 is 10.3 Å². The average molecular weight is 382 g/mol. The fraction of sp³-hybridized carbons (Fsp3) is 0.286.